The van der Waals surface area contributed by atoms with Gasteiger partial charge in [-0.25, -0.2) is 14.4 Å². The molecule has 45 heavy (non-hydrogen) atoms. The van der Waals surface area contributed by atoms with E-state index in [1.54, 1.807) is 4.90 Å². The summed E-state index contributed by atoms with van der Waals surface area (Å²) in [6, 6.07) is 20.9. The first-order chi connectivity index (χ1) is 21.7. The van der Waals surface area contributed by atoms with Gasteiger partial charge in [-0.15, -0.1) is 0 Å². The van der Waals surface area contributed by atoms with Crippen LogP contribution in [0.1, 0.15) is 33.5 Å². The van der Waals surface area contributed by atoms with E-state index in [-0.39, 0.29) is 69.8 Å². The Morgan fingerprint density at radius 3 is 1.98 bits per heavy atom. The van der Waals surface area contributed by atoms with Gasteiger partial charge < -0.3 is 39.0 Å². The third-order valence-electron chi connectivity index (χ3n) is 6.49. The first-order valence-electron chi connectivity index (χ1n) is 14.4. The molecule has 0 heterocycles. The molecule has 2 N–H and O–H groups in total. The summed E-state index contributed by atoms with van der Waals surface area (Å²) >= 11 is 0. The highest BCUT2D eigenvalue weighted by atomic mass is 16.7. The topological polar surface area (TPSA) is 150 Å². The number of aromatic carboxylic acids is 1. The SMILES string of the molecule is Cc1ccccc1CN(C(=O)CCNC(=O)OCCOCCOCCOC(=O)Oc1ccc(C(=O)O)cc1)c1ccccc1C. The molecule has 0 spiro atoms. The largest absolute Gasteiger partial charge is 0.513 e. The molecule has 0 saturated heterocycles. The Balaban J connectivity index is 1.23. The van der Waals surface area contributed by atoms with E-state index in [0.29, 0.717) is 6.54 Å². The summed E-state index contributed by atoms with van der Waals surface area (Å²) in [5.41, 5.74) is 4.01. The van der Waals surface area contributed by atoms with E-state index in [1.165, 1.54) is 24.3 Å². The number of nitrogens with zero attached hydrogens (tertiary/aromatic N) is 1. The van der Waals surface area contributed by atoms with Crippen molar-refractivity contribution in [2.45, 2.75) is 26.8 Å². The number of carboxylic acids is 1. The van der Waals surface area contributed by atoms with Gasteiger partial charge in [0, 0.05) is 18.7 Å². The van der Waals surface area contributed by atoms with E-state index >= 15 is 0 Å². The maximum absolute atomic E-state index is 13.2. The van der Waals surface area contributed by atoms with Crippen LogP contribution >= 0.6 is 0 Å². The number of ether oxygens (including phenoxy) is 5. The zero-order valence-corrected chi connectivity index (χ0v) is 25.4. The minimum absolute atomic E-state index is 0.0186. The molecule has 3 aromatic carbocycles. The number of para-hydroxylation sites is 1. The van der Waals surface area contributed by atoms with Gasteiger partial charge in [0.25, 0.3) is 0 Å². The van der Waals surface area contributed by atoms with Crippen LogP contribution in [0, 0.1) is 13.8 Å². The molecule has 0 atom stereocenters. The molecule has 12 heteroatoms. The molecule has 0 aliphatic rings. The van der Waals surface area contributed by atoms with Crippen LogP contribution in [-0.2, 0) is 30.3 Å². The van der Waals surface area contributed by atoms with Crippen LogP contribution in [0.4, 0.5) is 15.3 Å². The van der Waals surface area contributed by atoms with Crippen LogP contribution in [0.3, 0.4) is 0 Å². The highest BCUT2D eigenvalue weighted by Crippen LogP contribution is 2.23. The highest BCUT2D eigenvalue weighted by molar-refractivity contribution is 5.94. The number of nitrogens with one attached hydrogen (secondary N) is 1. The van der Waals surface area contributed by atoms with Crippen molar-refractivity contribution in [3.63, 3.8) is 0 Å². The van der Waals surface area contributed by atoms with Crippen molar-refractivity contribution >= 4 is 29.8 Å². The van der Waals surface area contributed by atoms with Crippen molar-refractivity contribution < 1.29 is 48.0 Å². The molecule has 0 aromatic heterocycles. The lowest BCUT2D eigenvalue weighted by molar-refractivity contribution is -0.118. The van der Waals surface area contributed by atoms with Gasteiger partial charge in [0.05, 0.1) is 38.5 Å². The lowest BCUT2D eigenvalue weighted by atomic mass is 10.1. The van der Waals surface area contributed by atoms with Crippen LogP contribution in [0.25, 0.3) is 0 Å². The summed E-state index contributed by atoms with van der Waals surface area (Å²) in [4.78, 5) is 49.5. The van der Waals surface area contributed by atoms with E-state index in [4.69, 9.17) is 28.8 Å². The lowest BCUT2D eigenvalue weighted by Gasteiger charge is -2.25. The Hall–Kier alpha value is -4.94. The second-order valence-electron chi connectivity index (χ2n) is 9.76. The van der Waals surface area contributed by atoms with Crippen molar-refractivity contribution in [1.29, 1.82) is 0 Å². The van der Waals surface area contributed by atoms with E-state index in [1.807, 2.05) is 62.4 Å². The fraction of sp³-hybridized carbons (Fsp3) is 0.333. The van der Waals surface area contributed by atoms with Crippen molar-refractivity contribution in [2.75, 3.05) is 51.1 Å². The standard InChI is InChI=1S/C33H38N2O10/c1-24-7-3-5-9-27(24)23-35(29-10-6-4-8-25(29)2)30(36)15-16-34-32(39)43-21-19-41-17-18-42-20-22-44-33(40)45-28-13-11-26(12-14-28)31(37)38/h3-14H,15-23H2,1-2H3,(H,34,39)(H,37,38). The Labute approximate surface area is 261 Å². The smallest absolute Gasteiger partial charge is 0.478 e. The third-order valence-corrected chi connectivity index (χ3v) is 6.49. The quantitative estimate of drug-likeness (QED) is 0.121. The number of rotatable bonds is 17. The van der Waals surface area contributed by atoms with Gasteiger partial charge in [0.15, 0.2) is 0 Å². The average Bonchev–Trinajstić information content (AvgIpc) is 3.02. The number of amides is 2. The van der Waals surface area contributed by atoms with Gasteiger partial charge in [0.2, 0.25) is 5.91 Å². The Morgan fingerprint density at radius 1 is 0.733 bits per heavy atom. The van der Waals surface area contributed by atoms with Gasteiger partial charge in [-0.2, -0.15) is 0 Å². The predicted octanol–water partition coefficient (Wildman–Crippen LogP) is 4.90. The Bertz CT molecular complexity index is 1410. The minimum atomic E-state index is -1.08. The number of carbonyl (C=O) groups is 4. The monoisotopic (exact) mass is 622 g/mol. The van der Waals surface area contributed by atoms with Crippen LogP contribution in [0.2, 0.25) is 0 Å². The number of alkyl carbamates (subject to hydrolysis) is 1. The number of hydrogen-bond acceptors (Lipinski definition) is 9. The lowest BCUT2D eigenvalue weighted by Crippen LogP contribution is -2.35. The second kappa shape index (κ2) is 18.7. The van der Waals surface area contributed by atoms with E-state index < -0.39 is 18.2 Å². The molecule has 3 aromatic rings. The van der Waals surface area contributed by atoms with E-state index in [0.717, 1.165) is 22.4 Å². The number of aryl methyl sites for hydroxylation is 2. The first-order valence-corrected chi connectivity index (χ1v) is 14.4. The second-order valence-corrected chi connectivity index (χ2v) is 9.76. The van der Waals surface area contributed by atoms with Crippen molar-refractivity contribution in [2.24, 2.45) is 0 Å². The van der Waals surface area contributed by atoms with Gasteiger partial charge in [-0.1, -0.05) is 42.5 Å². The third kappa shape index (κ3) is 12.3. The van der Waals surface area contributed by atoms with Crippen LogP contribution in [0.5, 0.6) is 5.75 Å². The summed E-state index contributed by atoms with van der Waals surface area (Å²) in [5.74, 6) is -1.05. The van der Waals surface area contributed by atoms with E-state index in [9.17, 15) is 19.2 Å². The maximum Gasteiger partial charge on any atom is 0.513 e. The van der Waals surface area contributed by atoms with Gasteiger partial charge >= 0.3 is 18.2 Å². The molecule has 0 unspecified atom stereocenters. The number of hydrogen-bond donors (Lipinski definition) is 2. The molecule has 12 nitrogen and oxygen atoms in total. The van der Waals surface area contributed by atoms with Crippen LogP contribution < -0.4 is 15.0 Å². The maximum atomic E-state index is 13.2. The fourth-order valence-electron chi connectivity index (χ4n) is 4.08. The highest BCUT2D eigenvalue weighted by Gasteiger charge is 2.19. The summed E-state index contributed by atoms with van der Waals surface area (Å²) < 4.78 is 25.6. The van der Waals surface area contributed by atoms with Crippen molar-refractivity contribution in [3.8, 4) is 5.75 Å². The number of benzene rings is 3. The normalized spacial score (nSPS) is 10.5. The summed E-state index contributed by atoms with van der Waals surface area (Å²) in [7, 11) is 0. The van der Waals surface area contributed by atoms with Gasteiger partial charge in [-0.3, -0.25) is 4.79 Å². The first kappa shape index (κ1) is 34.5. The van der Waals surface area contributed by atoms with Crippen LogP contribution in [0.15, 0.2) is 72.8 Å². The fourth-order valence-corrected chi connectivity index (χ4v) is 4.08. The Morgan fingerprint density at radius 2 is 1.33 bits per heavy atom. The van der Waals surface area contributed by atoms with Crippen molar-refractivity contribution in [1.82, 2.24) is 5.32 Å². The molecule has 3 rings (SSSR count). The summed E-state index contributed by atoms with van der Waals surface area (Å²) in [6.45, 7) is 5.20. The number of carbonyl (C=O) groups excluding carboxylic acids is 3. The van der Waals surface area contributed by atoms with Gasteiger partial charge in [0.1, 0.15) is 19.0 Å². The molecular formula is C33H38N2O10. The zero-order chi connectivity index (χ0) is 32.4. The molecule has 0 saturated carbocycles. The molecule has 0 aliphatic heterocycles. The number of carboxylic acid groups (broad SMARTS) is 1. The molecule has 2 amide bonds. The molecular weight excluding hydrogens is 584 g/mol. The predicted molar refractivity (Wildman–Crippen MR) is 165 cm³/mol. The summed E-state index contributed by atoms with van der Waals surface area (Å²) in [5, 5.41) is 11.5. The van der Waals surface area contributed by atoms with Crippen molar-refractivity contribution in [3.05, 3.63) is 95.1 Å². The van der Waals surface area contributed by atoms with E-state index in [2.05, 4.69) is 5.32 Å². The van der Waals surface area contributed by atoms with Crippen LogP contribution in [-0.4, -0.2) is 75.4 Å². The molecule has 0 aliphatic carbocycles. The molecule has 0 fully saturated rings. The zero-order valence-electron chi connectivity index (χ0n) is 25.4. The molecule has 240 valence electrons. The number of anilines is 1. The van der Waals surface area contributed by atoms with Gasteiger partial charge in [-0.05, 0) is 60.9 Å². The molecule has 0 bridgehead atoms. The Kier molecular flexibility index (Phi) is 14.3. The molecule has 0 radical (unpaired) electrons. The average molecular weight is 623 g/mol. The summed E-state index contributed by atoms with van der Waals surface area (Å²) in [6.07, 6.45) is -1.49. The minimum Gasteiger partial charge on any atom is -0.478 e.